The maximum Gasteiger partial charge on any atom is 0.260 e. The molecule has 0 aliphatic carbocycles. The first kappa shape index (κ1) is 11.3. The van der Waals surface area contributed by atoms with E-state index >= 15 is 0 Å². The van der Waals surface area contributed by atoms with Crippen LogP contribution >= 0.6 is 0 Å². The van der Waals surface area contributed by atoms with E-state index < -0.39 is 5.92 Å². The van der Waals surface area contributed by atoms with Crippen LogP contribution in [0, 0.1) is 0 Å². The number of hydrogen-bond acceptors (Lipinski definition) is 3. The van der Waals surface area contributed by atoms with Gasteiger partial charge in [-0.15, -0.1) is 0 Å². The Morgan fingerprint density at radius 2 is 2.29 bits per heavy atom. The number of alkyl halides is 2. The molecule has 0 unspecified atom stereocenters. The zero-order valence-electron chi connectivity index (χ0n) is 7.93. The lowest BCUT2D eigenvalue weighted by Crippen LogP contribution is -2.44. The maximum absolute atomic E-state index is 12.9. The van der Waals surface area contributed by atoms with Crippen LogP contribution in [0.15, 0.2) is 0 Å². The highest BCUT2D eigenvalue weighted by Crippen LogP contribution is 2.26. The Morgan fingerprint density at radius 3 is 2.86 bits per heavy atom. The summed E-state index contributed by atoms with van der Waals surface area (Å²) in [6, 6.07) is 0. The van der Waals surface area contributed by atoms with Crippen LogP contribution < -0.4 is 11.3 Å². The molecule has 0 radical (unpaired) electrons. The van der Waals surface area contributed by atoms with E-state index in [-0.39, 0.29) is 25.3 Å². The van der Waals surface area contributed by atoms with Crippen molar-refractivity contribution >= 4 is 5.91 Å². The minimum absolute atomic E-state index is 0.0490. The molecule has 0 aromatic rings. The number of halogens is 2. The summed E-state index contributed by atoms with van der Waals surface area (Å²) in [5.74, 6) is 1.95. The van der Waals surface area contributed by atoms with E-state index in [0.29, 0.717) is 19.5 Å². The lowest BCUT2D eigenvalue weighted by atomic mass is 10.1. The monoisotopic (exact) mass is 207 g/mol. The van der Waals surface area contributed by atoms with Gasteiger partial charge < -0.3 is 0 Å². The quantitative estimate of drug-likeness (QED) is 0.392. The number of hydrogen-bond donors (Lipinski definition) is 2. The van der Waals surface area contributed by atoms with Gasteiger partial charge in [0, 0.05) is 19.4 Å². The number of nitrogens with two attached hydrogens (primary N) is 1. The summed E-state index contributed by atoms with van der Waals surface area (Å²) < 4.78 is 25.8. The van der Waals surface area contributed by atoms with E-state index in [1.807, 2.05) is 5.43 Å². The van der Waals surface area contributed by atoms with Crippen molar-refractivity contribution < 1.29 is 13.6 Å². The number of hydrazine groups is 1. The summed E-state index contributed by atoms with van der Waals surface area (Å²) >= 11 is 0. The predicted molar refractivity (Wildman–Crippen MR) is 47.6 cm³/mol. The number of piperidine rings is 1. The number of amides is 1. The zero-order valence-corrected chi connectivity index (χ0v) is 7.93. The minimum Gasteiger partial charge on any atom is -0.297 e. The smallest absolute Gasteiger partial charge is 0.260 e. The highest BCUT2D eigenvalue weighted by molar-refractivity contribution is 5.75. The summed E-state index contributed by atoms with van der Waals surface area (Å²) in [5.41, 5.74) is 1.97. The topological polar surface area (TPSA) is 58.4 Å². The molecule has 0 atom stereocenters. The minimum atomic E-state index is -2.60. The van der Waals surface area contributed by atoms with Gasteiger partial charge in [-0.2, -0.15) is 0 Å². The normalized spacial score (nSPS) is 21.9. The molecule has 0 aromatic heterocycles. The molecule has 1 amide bonds. The van der Waals surface area contributed by atoms with Crippen LogP contribution in [0.3, 0.4) is 0 Å². The zero-order chi connectivity index (χ0) is 10.6. The van der Waals surface area contributed by atoms with Gasteiger partial charge in [-0.05, 0) is 13.0 Å². The van der Waals surface area contributed by atoms with Gasteiger partial charge in [-0.1, -0.05) is 0 Å². The third-order valence-electron chi connectivity index (χ3n) is 2.29. The summed E-state index contributed by atoms with van der Waals surface area (Å²) in [4.78, 5) is 12.4. The van der Waals surface area contributed by atoms with Crippen LogP contribution in [0.25, 0.3) is 0 Å². The van der Waals surface area contributed by atoms with Crippen molar-refractivity contribution in [1.29, 1.82) is 0 Å². The van der Waals surface area contributed by atoms with E-state index in [0.717, 1.165) is 0 Å². The average molecular weight is 207 g/mol. The fourth-order valence-electron chi connectivity index (χ4n) is 1.57. The summed E-state index contributed by atoms with van der Waals surface area (Å²) in [6.07, 6.45) is 0.608. The molecule has 1 aliphatic heterocycles. The van der Waals surface area contributed by atoms with Crippen LogP contribution in [-0.4, -0.2) is 36.4 Å². The predicted octanol–water partition coefficient (Wildman–Crippen LogP) is 0.0975. The molecule has 14 heavy (non-hydrogen) atoms. The fraction of sp³-hybridized carbons (Fsp3) is 0.875. The van der Waals surface area contributed by atoms with Crippen LogP contribution in [0.4, 0.5) is 8.78 Å². The first-order valence-corrected chi connectivity index (χ1v) is 4.63. The Bertz CT molecular complexity index is 211. The molecule has 1 heterocycles. The third-order valence-corrected chi connectivity index (χ3v) is 2.29. The first-order valence-electron chi connectivity index (χ1n) is 4.63. The molecule has 6 heteroatoms. The number of carbonyl (C=O) groups excluding carboxylic acids is 1. The second-order valence-corrected chi connectivity index (χ2v) is 3.55. The van der Waals surface area contributed by atoms with Crippen molar-refractivity contribution in [2.24, 2.45) is 5.84 Å². The highest BCUT2D eigenvalue weighted by atomic mass is 19.3. The van der Waals surface area contributed by atoms with Gasteiger partial charge >= 0.3 is 0 Å². The SMILES string of the molecule is NNC(=O)CCN1CCCC(F)(F)C1. The van der Waals surface area contributed by atoms with Crippen LogP contribution in [-0.2, 0) is 4.79 Å². The summed E-state index contributed by atoms with van der Waals surface area (Å²) in [5, 5.41) is 0. The molecule has 1 aliphatic rings. The molecule has 1 saturated heterocycles. The largest absolute Gasteiger partial charge is 0.297 e. The van der Waals surface area contributed by atoms with Gasteiger partial charge in [-0.3, -0.25) is 15.1 Å². The van der Waals surface area contributed by atoms with Gasteiger partial charge in [0.15, 0.2) is 0 Å². The van der Waals surface area contributed by atoms with Crippen molar-refractivity contribution in [3.63, 3.8) is 0 Å². The van der Waals surface area contributed by atoms with Crippen LogP contribution in [0.5, 0.6) is 0 Å². The second kappa shape index (κ2) is 4.65. The Kier molecular flexibility index (Phi) is 3.77. The molecule has 0 spiro atoms. The number of nitrogens with zero attached hydrogens (tertiary/aromatic N) is 1. The van der Waals surface area contributed by atoms with Crippen molar-refractivity contribution in [3.05, 3.63) is 0 Å². The second-order valence-electron chi connectivity index (χ2n) is 3.55. The molecule has 3 N–H and O–H groups in total. The molecule has 82 valence electrons. The molecular formula is C8H15F2N3O. The van der Waals surface area contributed by atoms with E-state index in [9.17, 15) is 13.6 Å². The van der Waals surface area contributed by atoms with E-state index in [4.69, 9.17) is 5.84 Å². The third kappa shape index (κ3) is 3.55. The van der Waals surface area contributed by atoms with Gasteiger partial charge in [0.2, 0.25) is 5.91 Å². The van der Waals surface area contributed by atoms with E-state index in [1.165, 1.54) is 0 Å². The number of nitrogens with one attached hydrogen (secondary N) is 1. The number of rotatable bonds is 3. The Labute approximate surface area is 81.4 Å². The molecule has 1 fully saturated rings. The Morgan fingerprint density at radius 1 is 1.57 bits per heavy atom. The number of likely N-dealkylation sites (tertiary alicyclic amines) is 1. The summed E-state index contributed by atoms with van der Waals surface area (Å²) in [7, 11) is 0. The standard InChI is InChI=1S/C8H15F2N3O/c9-8(10)3-1-4-13(6-8)5-2-7(14)12-11/h1-6,11H2,(H,12,14). The molecule has 4 nitrogen and oxygen atoms in total. The Hall–Kier alpha value is -0.750. The summed E-state index contributed by atoms with van der Waals surface area (Å²) in [6.45, 7) is 0.733. The van der Waals surface area contributed by atoms with Crippen molar-refractivity contribution in [2.45, 2.75) is 25.2 Å². The highest BCUT2D eigenvalue weighted by Gasteiger charge is 2.34. The lowest BCUT2D eigenvalue weighted by Gasteiger charge is -2.32. The van der Waals surface area contributed by atoms with Crippen molar-refractivity contribution in [1.82, 2.24) is 10.3 Å². The van der Waals surface area contributed by atoms with Crippen LogP contribution in [0.2, 0.25) is 0 Å². The molecule has 0 bridgehead atoms. The van der Waals surface area contributed by atoms with Gasteiger partial charge in [0.05, 0.1) is 6.54 Å². The maximum atomic E-state index is 12.9. The average Bonchev–Trinajstić information content (AvgIpc) is 2.12. The van der Waals surface area contributed by atoms with Crippen molar-refractivity contribution in [3.8, 4) is 0 Å². The van der Waals surface area contributed by atoms with Gasteiger partial charge in [-0.25, -0.2) is 14.6 Å². The lowest BCUT2D eigenvalue weighted by molar-refractivity contribution is -0.122. The fourth-order valence-corrected chi connectivity index (χ4v) is 1.57. The van der Waals surface area contributed by atoms with Crippen LogP contribution in [0.1, 0.15) is 19.3 Å². The number of carbonyl (C=O) groups is 1. The molecule has 0 aromatic carbocycles. The van der Waals surface area contributed by atoms with Crippen molar-refractivity contribution in [2.75, 3.05) is 19.6 Å². The van der Waals surface area contributed by atoms with Gasteiger partial charge in [0.25, 0.3) is 5.92 Å². The first-order chi connectivity index (χ1) is 6.53. The molecule has 1 rings (SSSR count). The molecular weight excluding hydrogens is 192 g/mol. The van der Waals surface area contributed by atoms with Gasteiger partial charge in [0.1, 0.15) is 0 Å². The Balaban J connectivity index is 2.28. The molecule has 0 saturated carbocycles. The van der Waals surface area contributed by atoms with E-state index in [1.54, 1.807) is 4.90 Å². The van der Waals surface area contributed by atoms with E-state index in [2.05, 4.69) is 0 Å².